The average Bonchev–Trinajstić information content (AvgIpc) is 3.21. The molecule has 2 fully saturated rings. The van der Waals surface area contributed by atoms with Gasteiger partial charge in [-0.05, 0) is 56.5 Å². The largest absolute Gasteiger partial charge is 0.370 e. The second kappa shape index (κ2) is 8.47. The van der Waals surface area contributed by atoms with Crippen molar-refractivity contribution in [2.75, 3.05) is 26.2 Å². The van der Waals surface area contributed by atoms with E-state index in [2.05, 4.69) is 22.1 Å². The molecule has 0 radical (unpaired) electrons. The molecule has 1 aliphatic carbocycles. The Kier molecular flexibility index (Phi) is 6.86. The van der Waals surface area contributed by atoms with Gasteiger partial charge in [0, 0.05) is 18.0 Å². The fourth-order valence-electron chi connectivity index (χ4n) is 3.56. The van der Waals surface area contributed by atoms with E-state index < -0.39 is 0 Å². The summed E-state index contributed by atoms with van der Waals surface area (Å²) >= 11 is 0. The number of hydrogen-bond donors (Lipinski definition) is 2. The first kappa shape index (κ1) is 19.4. The van der Waals surface area contributed by atoms with Crippen molar-refractivity contribution in [1.82, 2.24) is 10.2 Å². The first-order valence-electron chi connectivity index (χ1n) is 8.67. The molecule has 3 N–H and O–H groups in total. The van der Waals surface area contributed by atoms with E-state index in [9.17, 15) is 4.39 Å². The summed E-state index contributed by atoms with van der Waals surface area (Å²) in [6.45, 7) is 5.97. The van der Waals surface area contributed by atoms with Gasteiger partial charge < -0.3 is 11.1 Å². The third-order valence-corrected chi connectivity index (χ3v) is 5.27. The van der Waals surface area contributed by atoms with Crippen LogP contribution in [0, 0.1) is 5.82 Å². The topological polar surface area (TPSA) is 53.6 Å². The lowest BCUT2D eigenvalue weighted by Gasteiger charge is -2.23. The lowest BCUT2D eigenvalue weighted by molar-refractivity contribution is 0.267. The highest BCUT2D eigenvalue weighted by Crippen LogP contribution is 2.48. The lowest BCUT2D eigenvalue weighted by Crippen LogP contribution is -2.43. The number of nitrogens with two attached hydrogens (primary N) is 1. The predicted molar refractivity (Wildman–Crippen MR) is 107 cm³/mol. The highest BCUT2D eigenvalue weighted by molar-refractivity contribution is 14.0. The van der Waals surface area contributed by atoms with E-state index in [1.165, 1.54) is 25.5 Å². The summed E-state index contributed by atoms with van der Waals surface area (Å²) in [5.41, 5.74) is 7.07. The van der Waals surface area contributed by atoms with Gasteiger partial charge in [-0.25, -0.2) is 4.39 Å². The van der Waals surface area contributed by atoms with Crippen LogP contribution in [0.1, 0.15) is 38.2 Å². The Labute approximate surface area is 161 Å². The normalized spacial score (nSPS) is 22.9. The Balaban J connectivity index is 0.00000208. The Hall–Kier alpha value is -0.890. The zero-order valence-corrected chi connectivity index (χ0v) is 16.6. The summed E-state index contributed by atoms with van der Waals surface area (Å²) in [4.78, 5) is 7.00. The number of benzene rings is 1. The Bertz CT molecular complexity index is 574. The molecule has 1 unspecified atom stereocenters. The van der Waals surface area contributed by atoms with Gasteiger partial charge >= 0.3 is 0 Å². The number of nitrogens with zero attached hydrogens (tertiary/aromatic N) is 2. The average molecular weight is 446 g/mol. The minimum atomic E-state index is -0.176. The second-order valence-corrected chi connectivity index (χ2v) is 6.80. The summed E-state index contributed by atoms with van der Waals surface area (Å²) in [7, 11) is 0. The zero-order chi connectivity index (χ0) is 16.3. The molecule has 0 aromatic heterocycles. The van der Waals surface area contributed by atoms with Crippen LogP contribution in [0.5, 0.6) is 0 Å². The van der Waals surface area contributed by atoms with Gasteiger partial charge in [0.05, 0.1) is 6.54 Å². The molecule has 0 bridgehead atoms. The van der Waals surface area contributed by atoms with E-state index in [0.717, 1.165) is 31.5 Å². The number of hydrogen-bond acceptors (Lipinski definition) is 2. The third-order valence-electron chi connectivity index (χ3n) is 5.27. The predicted octanol–water partition coefficient (Wildman–Crippen LogP) is 2.86. The van der Waals surface area contributed by atoms with Crippen LogP contribution < -0.4 is 11.1 Å². The fraction of sp³-hybridized carbons (Fsp3) is 0.611. The van der Waals surface area contributed by atoms with E-state index in [1.54, 1.807) is 12.1 Å². The number of likely N-dealkylation sites (N-methyl/N-ethyl adjacent to an activating group) is 1. The van der Waals surface area contributed by atoms with Crippen LogP contribution in [0.3, 0.4) is 0 Å². The van der Waals surface area contributed by atoms with E-state index >= 15 is 0 Å². The molecule has 4 nitrogen and oxygen atoms in total. The minimum absolute atomic E-state index is 0. The number of aliphatic imine (C=N–C) groups is 1. The lowest BCUT2D eigenvalue weighted by atomic mass is 9.96. The monoisotopic (exact) mass is 446 g/mol. The van der Waals surface area contributed by atoms with Crippen molar-refractivity contribution in [3.63, 3.8) is 0 Å². The molecule has 1 atom stereocenters. The molecule has 0 spiro atoms. The molecule has 24 heavy (non-hydrogen) atoms. The zero-order valence-electron chi connectivity index (χ0n) is 14.3. The Morgan fingerprint density at radius 3 is 2.92 bits per heavy atom. The second-order valence-electron chi connectivity index (χ2n) is 6.80. The smallest absolute Gasteiger partial charge is 0.188 e. The van der Waals surface area contributed by atoms with Crippen LogP contribution in [0.25, 0.3) is 0 Å². The van der Waals surface area contributed by atoms with Crippen LogP contribution in [0.2, 0.25) is 0 Å². The van der Waals surface area contributed by atoms with E-state index in [4.69, 9.17) is 5.73 Å². The van der Waals surface area contributed by atoms with E-state index in [-0.39, 0.29) is 35.2 Å². The number of halogens is 2. The molecule has 1 saturated heterocycles. The van der Waals surface area contributed by atoms with Crippen LogP contribution in [-0.2, 0) is 5.41 Å². The van der Waals surface area contributed by atoms with E-state index in [1.807, 2.05) is 6.07 Å². The van der Waals surface area contributed by atoms with Gasteiger partial charge in [-0.2, -0.15) is 0 Å². The van der Waals surface area contributed by atoms with Crippen LogP contribution >= 0.6 is 24.0 Å². The summed E-state index contributed by atoms with van der Waals surface area (Å²) in [5, 5.41) is 3.26. The number of rotatable bonds is 6. The molecule has 1 aliphatic heterocycles. The van der Waals surface area contributed by atoms with Crippen LogP contribution in [-0.4, -0.2) is 43.1 Å². The summed E-state index contributed by atoms with van der Waals surface area (Å²) in [5.74, 6) is 0.334. The fourth-order valence-corrected chi connectivity index (χ4v) is 3.56. The van der Waals surface area contributed by atoms with Crippen molar-refractivity contribution in [1.29, 1.82) is 0 Å². The van der Waals surface area contributed by atoms with Crippen molar-refractivity contribution in [3.8, 4) is 0 Å². The van der Waals surface area contributed by atoms with Gasteiger partial charge in [0.25, 0.3) is 0 Å². The van der Waals surface area contributed by atoms with Gasteiger partial charge in [0.2, 0.25) is 0 Å². The van der Waals surface area contributed by atoms with Crippen molar-refractivity contribution in [2.45, 2.75) is 44.1 Å². The van der Waals surface area contributed by atoms with E-state index in [0.29, 0.717) is 18.5 Å². The number of nitrogens with one attached hydrogen (secondary N) is 1. The van der Waals surface area contributed by atoms with Crippen molar-refractivity contribution in [2.24, 2.45) is 10.7 Å². The standard InChI is InChI=1S/C18H27FN4.HI/c1-2-23-10-4-7-16(23)12-21-17(20)22-13-18(8-9-18)14-5-3-6-15(19)11-14;/h3,5-6,11,16H,2,4,7-10,12-13H2,1H3,(H3,20,21,22);1H. The maximum atomic E-state index is 13.4. The van der Waals surface area contributed by atoms with Crippen LogP contribution in [0.15, 0.2) is 29.3 Å². The van der Waals surface area contributed by atoms with Crippen molar-refractivity contribution < 1.29 is 4.39 Å². The first-order valence-corrected chi connectivity index (χ1v) is 8.67. The van der Waals surface area contributed by atoms with Gasteiger partial charge in [-0.1, -0.05) is 19.1 Å². The molecule has 1 aromatic carbocycles. The molecule has 1 heterocycles. The minimum Gasteiger partial charge on any atom is -0.370 e. The summed E-state index contributed by atoms with van der Waals surface area (Å²) in [6, 6.07) is 7.44. The molecule has 0 amide bonds. The van der Waals surface area contributed by atoms with Crippen molar-refractivity contribution >= 4 is 29.9 Å². The maximum absolute atomic E-state index is 13.4. The van der Waals surface area contributed by atoms with Crippen molar-refractivity contribution in [3.05, 3.63) is 35.6 Å². The SMILES string of the molecule is CCN1CCCC1CNC(N)=NCC1(c2cccc(F)c2)CC1.I. The van der Waals surface area contributed by atoms with Crippen LogP contribution in [0.4, 0.5) is 4.39 Å². The molecule has 134 valence electrons. The van der Waals surface area contributed by atoms with Gasteiger partial charge in [-0.3, -0.25) is 9.89 Å². The maximum Gasteiger partial charge on any atom is 0.188 e. The quantitative estimate of drug-likeness (QED) is 0.402. The Morgan fingerprint density at radius 2 is 2.25 bits per heavy atom. The molecule has 6 heteroatoms. The summed E-state index contributed by atoms with van der Waals surface area (Å²) < 4.78 is 13.4. The molecule has 2 aliphatic rings. The highest BCUT2D eigenvalue weighted by atomic mass is 127. The van der Waals surface area contributed by atoms with Gasteiger partial charge in [-0.15, -0.1) is 24.0 Å². The molecule has 3 rings (SSSR count). The highest BCUT2D eigenvalue weighted by Gasteiger charge is 2.44. The molecular formula is C18H28FIN4. The first-order chi connectivity index (χ1) is 11.1. The molecular weight excluding hydrogens is 418 g/mol. The number of guanidine groups is 1. The number of likely N-dealkylation sites (tertiary alicyclic amines) is 1. The third kappa shape index (κ3) is 4.59. The molecule has 1 aromatic rings. The summed E-state index contributed by atoms with van der Waals surface area (Å²) in [6.07, 6.45) is 4.60. The van der Waals surface area contributed by atoms with Gasteiger partial charge in [0.1, 0.15) is 5.82 Å². The molecule has 1 saturated carbocycles. The van der Waals surface area contributed by atoms with Gasteiger partial charge in [0.15, 0.2) is 5.96 Å². The Morgan fingerprint density at radius 1 is 1.46 bits per heavy atom.